The molecule has 0 spiro atoms. The second-order valence-corrected chi connectivity index (χ2v) is 19.9. The van der Waals surface area contributed by atoms with Gasteiger partial charge in [0.25, 0.3) is 7.82 Å². The molecule has 0 radical (unpaired) electrons. The zero-order chi connectivity index (χ0) is 42.8. The number of rotatable bonds is 46. The van der Waals surface area contributed by atoms with Crippen LogP contribution >= 0.6 is 7.82 Å². The highest BCUT2D eigenvalue weighted by molar-refractivity contribution is 7.45. The highest BCUT2D eigenvalue weighted by Crippen LogP contribution is 2.38. The van der Waals surface area contributed by atoms with E-state index in [9.17, 15) is 19.4 Å². The molecule has 346 valence electrons. The number of hydrogen-bond donors (Lipinski definition) is 2. The molecule has 0 aliphatic rings. The van der Waals surface area contributed by atoms with Crippen molar-refractivity contribution < 1.29 is 32.9 Å². The molecule has 0 bridgehead atoms. The second-order valence-electron chi connectivity index (χ2n) is 18.5. The number of phosphoric ester groups is 1. The Labute approximate surface area is 361 Å². The van der Waals surface area contributed by atoms with E-state index in [4.69, 9.17) is 9.05 Å². The number of aliphatic hydroxyl groups excluding tert-OH is 1. The van der Waals surface area contributed by atoms with E-state index in [2.05, 4.69) is 31.3 Å². The fourth-order valence-corrected chi connectivity index (χ4v) is 8.23. The van der Waals surface area contributed by atoms with Crippen LogP contribution in [0.3, 0.4) is 0 Å². The number of hydrogen-bond acceptors (Lipinski definition) is 6. The molecule has 0 heterocycles. The van der Waals surface area contributed by atoms with Gasteiger partial charge >= 0.3 is 0 Å². The molecule has 0 saturated carbocycles. The minimum absolute atomic E-state index is 0.0146. The van der Waals surface area contributed by atoms with Crippen LogP contribution < -0.4 is 10.2 Å². The van der Waals surface area contributed by atoms with Crippen molar-refractivity contribution in [2.24, 2.45) is 0 Å². The van der Waals surface area contributed by atoms with Crippen molar-refractivity contribution in [3.05, 3.63) is 12.2 Å². The van der Waals surface area contributed by atoms with E-state index < -0.39 is 20.0 Å². The number of carbonyl (C=O) groups excluding carboxylic acids is 1. The molecule has 1 amide bonds. The van der Waals surface area contributed by atoms with Crippen LogP contribution in [0.5, 0.6) is 0 Å². The van der Waals surface area contributed by atoms with Crippen molar-refractivity contribution in [1.29, 1.82) is 0 Å². The Hall–Kier alpha value is -0.760. The van der Waals surface area contributed by atoms with Gasteiger partial charge in [0.05, 0.1) is 39.9 Å². The summed E-state index contributed by atoms with van der Waals surface area (Å²) in [4.78, 5) is 25.4. The third-order valence-corrected chi connectivity index (χ3v) is 12.5. The number of quaternary nitrogens is 1. The fourth-order valence-electron chi connectivity index (χ4n) is 7.51. The van der Waals surface area contributed by atoms with E-state index >= 15 is 0 Å². The topological polar surface area (TPSA) is 108 Å². The van der Waals surface area contributed by atoms with Gasteiger partial charge < -0.3 is 28.8 Å². The molecule has 9 heteroatoms. The van der Waals surface area contributed by atoms with Gasteiger partial charge in [-0.05, 0) is 38.5 Å². The molecule has 0 aliphatic heterocycles. The molecule has 0 aromatic carbocycles. The van der Waals surface area contributed by atoms with Gasteiger partial charge in [-0.25, -0.2) is 0 Å². The molecule has 2 N–H and O–H groups in total. The first-order valence-electron chi connectivity index (χ1n) is 25.0. The Morgan fingerprint density at radius 2 is 0.948 bits per heavy atom. The van der Waals surface area contributed by atoms with Crippen molar-refractivity contribution in [3.8, 4) is 0 Å². The monoisotopic (exact) mass is 843 g/mol. The number of carbonyl (C=O) groups is 1. The molecule has 0 saturated heterocycles. The van der Waals surface area contributed by atoms with Crippen molar-refractivity contribution in [1.82, 2.24) is 5.32 Å². The zero-order valence-corrected chi connectivity index (χ0v) is 40.2. The number of aliphatic hydroxyl groups is 1. The molecule has 0 aliphatic carbocycles. The van der Waals surface area contributed by atoms with Gasteiger partial charge in [0.2, 0.25) is 5.91 Å². The maximum absolute atomic E-state index is 12.9. The number of likely N-dealkylation sites (N-methyl/N-ethyl adjacent to an activating group) is 1. The summed E-state index contributed by atoms with van der Waals surface area (Å²) in [5, 5.41) is 13.9. The highest BCUT2D eigenvalue weighted by Gasteiger charge is 2.24. The Balaban J connectivity index is 4.18. The molecule has 0 aromatic rings. The lowest BCUT2D eigenvalue weighted by molar-refractivity contribution is -0.870. The van der Waals surface area contributed by atoms with Crippen molar-refractivity contribution >= 4 is 13.7 Å². The van der Waals surface area contributed by atoms with Gasteiger partial charge in [0, 0.05) is 6.42 Å². The second kappa shape index (κ2) is 41.6. The number of nitrogens with one attached hydrogen (secondary N) is 1. The Bertz CT molecular complexity index is 958. The number of amides is 1. The third kappa shape index (κ3) is 43.3. The van der Waals surface area contributed by atoms with Crippen LogP contribution in [0.1, 0.15) is 245 Å². The fraction of sp³-hybridized carbons (Fsp3) is 0.939. The van der Waals surface area contributed by atoms with Crippen LogP contribution in [0.4, 0.5) is 0 Å². The zero-order valence-electron chi connectivity index (χ0n) is 39.3. The molecule has 58 heavy (non-hydrogen) atoms. The van der Waals surface area contributed by atoms with Crippen LogP contribution in [0.2, 0.25) is 0 Å². The normalized spacial score (nSPS) is 14.3. The van der Waals surface area contributed by atoms with Gasteiger partial charge in [-0.2, -0.15) is 0 Å². The first-order valence-corrected chi connectivity index (χ1v) is 26.5. The summed E-state index contributed by atoms with van der Waals surface area (Å²) in [5.41, 5.74) is 0. The summed E-state index contributed by atoms with van der Waals surface area (Å²) in [6.45, 7) is 4.73. The highest BCUT2D eigenvalue weighted by atomic mass is 31.2. The van der Waals surface area contributed by atoms with Crippen LogP contribution in [-0.2, 0) is 18.4 Å². The summed E-state index contributed by atoms with van der Waals surface area (Å²) < 4.78 is 23.3. The Morgan fingerprint density at radius 1 is 0.586 bits per heavy atom. The SMILES string of the molecule is CCCCCCCC/C=C/CCCCCCCCCCCCCCCC(=O)N[C@@H](COP(=O)([O-])OCC[N+](C)(C)C)[C@H](O)CCCCCCCCCCCCCCC. The number of unbranched alkanes of at least 4 members (excludes halogenated alkanes) is 31. The van der Waals surface area contributed by atoms with Crippen LogP contribution in [0, 0.1) is 0 Å². The summed E-state index contributed by atoms with van der Waals surface area (Å²) >= 11 is 0. The predicted octanol–water partition coefficient (Wildman–Crippen LogP) is 13.7. The Kier molecular flexibility index (Phi) is 41.0. The first-order chi connectivity index (χ1) is 28.0. The number of nitrogens with zero attached hydrogens (tertiary/aromatic N) is 1. The molecule has 8 nitrogen and oxygen atoms in total. The lowest BCUT2D eigenvalue weighted by atomic mass is 10.0. The standard InChI is InChI=1S/C49H99N2O6P/c1-6-8-10-12-14-16-18-20-21-22-23-24-25-26-27-28-29-31-33-35-37-39-41-43-49(53)50-47(46-57-58(54,55)56-45-44-51(3,4)5)48(52)42-40-38-36-34-32-30-19-17-15-13-11-9-7-2/h20-21,47-48,52H,6-19,22-46H2,1-5H3,(H-,50,53,54,55)/b21-20+/t47-,48+/m0/s1. The summed E-state index contributed by atoms with van der Waals surface area (Å²) in [6.07, 6.45) is 47.9. The predicted molar refractivity (Wildman–Crippen MR) is 247 cm³/mol. The summed E-state index contributed by atoms with van der Waals surface area (Å²) in [7, 11) is 1.31. The minimum Gasteiger partial charge on any atom is -0.756 e. The maximum Gasteiger partial charge on any atom is 0.268 e. The smallest absolute Gasteiger partial charge is 0.268 e. The molecular formula is C49H99N2O6P. The third-order valence-electron chi connectivity index (χ3n) is 11.5. The number of allylic oxidation sites excluding steroid dienone is 2. The summed E-state index contributed by atoms with van der Waals surface area (Å²) in [6, 6.07) is -0.796. The first kappa shape index (κ1) is 57.2. The van der Waals surface area contributed by atoms with E-state index in [1.54, 1.807) is 0 Å². The minimum atomic E-state index is -4.56. The van der Waals surface area contributed by atoms with Gasteiger partial charge in [0.15, 0.2) is 0 Å². The van der Waals surface area contributed by atoms with Gasteiger partial charge in [-0.1, -0.05) is 212 Å². The van der Waals surface area contributed by atoms with Gasteiger partial charge in [-0.3, -0.25) is 9.36 Å². The quantitative estimate of drug-likeness (QED) is 0.0273. The van der Waals surface area contributed by atoms with Crippen LogP contribution in [0.15, 0.2) is 12.2 Å². The molecule has 0 aromatic heterocycles. The molecule has 3 atom stereocenters. The average Bonchev–Trinajstić information content (AvgIpc) is 3.17. The number of phosphoric acid groups is 1. The Morgan fingerprint density at radius 3 is 1.34 bits per heavy atom. The van der Waals surface area contributed by atoms with Gasteiger partial charge in [0.1, 0.15) is 13.2 Å². The molecule has 0 fully saturated rings. The van der Waals surface area contributed by atoms with Crippen molar-refractivity contribution in [3.63, 3.8) is 0 Å². The van der Waals surface area contributed by atoms with Crippen molar-refractivity contribution in [2.75, 3.05) is 40.9 Å². The average molecular weight is 843 g/mol. The lowest BCUT2D eigenvalue weighted by Crippen LogP contribution is -2.46. The largest absolute Gasteiger partial charge is 0.756 e. The van der Waals surface area contributed by atoms with E-state index in [0.717, 1.165) is 38.5 Å². The van der Waals surface area contributed by atoms with Crippen molar-refractivity contribution in [2.45, 2.75) is 257 Å². The van der Waals surface area contributed by atoms with E-state index in [1.165, 1.54) is 180 Å². The van der Waals surface area contributed by atoms with Crippen LogP contribution in [-0.4, -0.2) is 68.5 Å². The molecular weight excluding hydrogens is 744 g/mol. The lowest BCUT2D eigenvalue weighted by Gasteiger charge is -2.30. The van der Waals surface area contributed by atoms with E-state index in [1.807, 2.05) is 21.1 Å². The van der Waals surface area contributed by atoms with E-state index in [0.29, 0.717) is 23.9 Å². The van der Waals surface area contributed by atoms with Gasteiger partial charge in [-0.15, -0.1) is 0 Å². The summed E-state index contributed by atoms with van der Waals surface area (Å²) in [5.74, 6) is -0.162. The van der Waals surface area contributed by atoms with Crippen LogP contribution in [0.25, 0.3) is 0 Å². The van der Waals surface area contributed by atoms with E-state index in [-0.39, 0.29) is 19.1 Å². The molecule has 1 unspecified atom stereocenters. The molecule has 0 rings (SSSR count). The maximum atomic E-state index is 12.9.